The van der Waals surface area contributed by atoms with Crippen LogP contribution in [0, 0.1) is 5.92 Å². The molecular formula is C31H44N4O5. The van der Waals surface area contributed by atoms with E-state index in [1.807, 2.05) is 30.5 Å². The summed E-state index contributed by atoms with van der Waals surface area (Å²) in [6, 6.07) is 6.53. The zero-order valence-electron chi connectivity index (χ0n) is 24.0. The Morgan fingerprint density at radius 1 is 1.10 bits per heavy atom. The highest BCUT2D eigenvalue weighted by atomic mass is 16.5. The monoisotopic (exact) mass is 552 g/mol. The number of methoxy groups -OCH3 is 1. The number of nitrogens with one attached hydrogen (secondary N) is 2. The van der Waals surface area contributed by atoms with Gasteiger partial charge in [-0.15, -0.1) is 0 Å². The first-order valence-electron chi connectivity index (χ1n) is 14.9. The van der Waals surface area contributed by atoms with Crippen molar-refractivity contribution < 1.29 is 23.9 Å². The van der Waals surface area contributed by atoms with Crippen molar-refractivity contribution in [3.63, 3.8) is 0 Å². The molecule has 9 nitrogen and oxygen atoms in total. The largest absolute Gasteiger partial charge is 0.467 e. The lowest BCUT2D eigenvalue weighted by atomic mass is 9.88. The van der Waals surface area contributed by atoms with Gasteiger partial charge in [-0.1, -0.05) is 57.2 Å². The minimum atomic E-state index is -0.705. The molecule has 0 radical (unpaired) electrons. The molecule has 1 aliphatic heterocycles. The van der Waals surface area contributed by atoms with E-state index in [9.17, 15) is 19.2 Å². The lowest BCUT2D eigenvalue weighted by Crippen LogP contribution is -2.54. The number of rotatable bonds is 12. The van der Waals surface area contributed by atoms with E-state index in [0.29, 0.717) is 31.8 Å². The summed E-state index contributed by atoms with van der Waals surface area (Å²) >= 11 is 0. The number of esters is 1. The Balaban J connectivity index is 1.49. The highest BCUT2D eigenvalue weighted by Gasteiger charge is 2.37. The summed E-state index contributed by atoms with van der Waals surface area (Å²) in [5, 5.41) is 4.00. The Morgan fingerprint density at radius 2 is 1.88 bits per heavy atom. The predicted octanol–water partition coefficient (Wildman–Crippen LogP) is 3.96. The summed E-state index contributed by atoms with van der Waals surface area (Å²) in [6.45, 7) is 2.93. The maximum absolute atomic E-state index is 14.0. The number of hydrogen-bond acceptors (Lipinski definition) is 5. The van der Waals surface area contributed by atoms with Crippen LogP contribution in [0.2, 0.25) is 0 Å². The van der Waals surface area contributed by atoms with E-state index in [4.69, 9.17) is 4.74 Å². The van der Waals surface area contributed by atoms with Gasteiger partial charge >= 0.3 is 5.97 Å². The number of amides is 3. The molecule has 218 valence electrons. The molecule has 2 fully saturated rings. The predicted molar refractivity (Wildman–Crippen MR) is 153 cm³/mol. The number of carbonyl (C=O) groups excluding carboxylic acids is 4. The fourth-order valence-electron chi connectivity index (χ4n) is 6.20. The van der Waals surface area contributed by atoms with Crippen LogP contribution in [0.1, 0.15) is 76.7 Å². The van der Waals surface area contributed by atoms with Crippen LogP contribution in [0.3, 0.4) is 0 Å². The van der Waals surface area contributed by atoms with Crippen molar-refractivity contribution in [2.75, 3.05) is 26.7 Å². The molecule has 2 atom stereocenters. The topological polar surface area (TPSA) is 112 Å². The first-order chi connectivity index (χ1) is 19.4. The maximum atomic E-state index is 14.0. The highest BCUT2D eigenvalue weighted by Crippen LogP contribution is 2.26. The van der Waals surface area contributed by atoms with Gasteiger partial charge in [-0.25, -0.2) is 4.79 Å². The number of nitrogens with zero attached hydrogens (tertiary/aromatic N) is 2. The molecule has 9 heteroatoms. The molecule has 4 rings (SSSR count). The maximum Gasteiger partial charge on any atom is 0.328 e. The van der Waals surface area contributed by atoms with Gasteiger partial charge in [0.15, 0.2) is 0 Å². The van der Waals surface area contributed by atoms with Gasteiger partial charge in [-0.2, -0.15) is 0 Å². The fraction of sp³-hybridized carbons (Fsp3) is 0.613. The summed E-state index contributed by atoms with van der Waals surface area (Å²) in [7, 11) is 1.33. The van der Waals surface area contributed by atoms with Gasteiger partial charge in [0.1, 0.15) is 12.1 Å². The van der Waals surface area contributed by atoms with Gasteiger partial charge in [0.25, 0.3) is 0 Å². The third kappa shape index (κ3) is 7.43. The number of fused-ring (bicyclic) bond motifs is 1. The van der Waals surface area contributed by atoms with Gasteiger partial charge in [0, 0.05) is 30.2 Å². The van der Waals surface area contributed by atoms with Crippen LogP contribution in [0.25, 0.3) is 10.9 Å². The molecule has 1 saturated heterocycles. The Bertz CT molecular complexity index is 1170. The number of H-pyrrole nitrogens is 1. The number of aromatic nitrogens is 1. The van der Waals surface area contributed by atoms with Gasteiger partial charge < -0.3 is 24.8 Å². The van der Waals surface area contributed by atoms with Crippen LogP contribution in [0.4, 0.5) is 0 Å². The number of unbranched alkanes of at least 4 members (excludes halogenated alkanes) is 1. The molecule has 1 aromatic carbocycles. The average Bonchev–Trinajstić information content (AvgIpc) is 3.62. The number of para-hydroxylation sites is 1. The minimum Gasteiger partial charge on any atom is -0.467 e. The molecule has 1 aliphatic carbocycles. The second kappa shape index (κ2) is 14.3. The summed E-state index contributed by atoms with van der Waals surface area (Å²) < 4.78 is 4.92. The number of aromatic amines is 1. The fourth-order valence-corrected chi connectivity index (χ4v) is 6.20. The zero-order chi connectivity index (χ0) is 28.5. The normalized spacial score (nSPS) is 18.4. The van der Waals surface area contributed by atoms with Crippen LogP contribution in [0.5, 0.6) is 0 Å². The van der Waals surface area contributed by atoms with E-state index < -0.39 is 18.1 Å². The Kier molecular flexibility index (Phi) is 10.6. The molecule has 40 heavy (non-hydrogen) atoms. The molecule has 1 aromatic heterocycles. The first-order valence-corrected chi connectivity index (χ1v) is 14.9. The van der Waals surface area contributed by atoms with E-state index in [0.717, 1.165) is 61.4 Å². The third-order valence-corrected chi connectivity index (χ3v) is 8.39. The van der Waals surface area contributed by atoms with Crippen molar-refractivity contribution in [2.24, 2.45) is 5.92 Å². The van der Waals surface area contributed by atoms with E-state index in [1.54, 1.807) is 9.80 Å². The van der Waals surface area contributed by atoms with Crippen LogP contribution < -0.4 is 5.32 Å². The van der Waals surface area contributed by atoms with Gasteiger partial charge in [0.2, 0.25) is 17.7 Å². The van der Waals surface area contributed by atoms with Gasteiger partial charge in [0.05, 0.1) is 20.1 Å². The first kappa shape index (κ1) is 29.6. The molecule has 2 heterocycles. The molecular weight excluding hydrogens is 508 g/mol. The van der Waals surface area contributed by atoms with Gasteiger partial charge in [-0.05, 0) is 49.7 Å². The molecule has 2 aliphatic rings. The summed E-state index contributed by atoms with van der Waals surface area (Å²) in [5.74, 6) is -0.756. The van der Waals surface area contributed by atoms with Crippen molar-refractivity contribution in [1.29, 1.82) is 0 Å². The molecule has 2 N–H and O–H groups in total. The minimum absolute atomic E-state index is 0.0935. The molecule has 0 bridgehead atoms. The van der Waals surface area contributed by atoms with Crippen LogP contribution >= 0.6 is 0 Å². The molecule has 0 unspecified atom stereocenters. The van der Waals surface area contributed by atoms with E-state index in [1.165, 1.54) is 13.5 Å². The zero-order valence-corrected chi connectivity index (χ0v) is 24.0. The third-order valence-electron chi connectivity index (χ3n) is 8.39. The highest BCUT2D eigenvalue weighted by molar-refractivity contribution is 5.94. The quantitative estimate of drug-likeness (QED) is 0.387. The van der Waals surface area contributed by atoms with Crippen molar-refractivity contribution in [3.05, 3.63) is 36.0 Å². The average molecular weight is 553 g/mol. The van der Waals surface area contributed by atoms with E-state index in [-0.39, 0.29) is 30.7 Å². The summed E-state index contributed by atoms with van der Waals surface area (Å²) in [6.07, 6.45) is 11.0. The lowest BCUT2D eigenvalue weighted by Gasteiger charge is -2.34. The summed E-state index contributed by atoms with van der Waals surface area (Å²) in [5.41, 5.74) is 1.85. The number of likely N-dealkylation sites (tertiary alicyclic amines) is 1. The van der Waals surface area contributed by atoms with Crippen LogP contribution in [-0.4, -0.2) is 77.3 Å². The Labute approximate surface area is 237 Å². The molecule has 0 spiro atoms. The van der Waals surface area contributed by atoms with Crippen LogP contribution in [-0.2, 0) is 30.3 Å². The summed E-state index contributed by atoms with van der Waals surface area (Å²) in [4.78, 5) is 59.4. The van der Waals surface area contributed by atoms with Crippen LogP contribution in [0.15, 0.2) is 30.5 Å². The number of benzene rings is 1. The lowest BCUT2D eigenvalue weighted by molar-refractivity contribution is -0.152. The number of carbonyl (C=O) groups is 4. The van der Waals surface area contributed by atoms with E-state index >= 15 is 0 Å². The van der Waals surface area contributed by atoms with Crippen molar-refractivity contribution in [1.82, 2.24) is 20.1 Å². The molecule has 1 saturated carbocycles. The SMILES string of the molecule is CCCC[C@H](NC(=O)Cc1c[nH]c2ccccc12)C(=O)N(CC(=O)N1CCC[C@H]1C(=O)OC)CC1CCCCC1. The second-order valence-electron chi connectivity index (χ2n) is 11.3. The molecule has 3 amide bonds. The Hall–Kier alpha value is -3.36. The van der Waals surface area contributed by atoms with Crippen molar-refractivity contribution in [3.8, 4) is 0 Å². The van der Waals surface area contributed by atoms with E-state index in [2.05, 4.69) is 17.2 Å². The molecule has 2 aromatic rings. The second-order valence-corrected chi connectivity index (χ2v) is 11.3. The smallest absolute Gasteiger partial charge is 0.328 e. The standard InChI is InChI=1S/C31H44N4O5/c1-3-4-14-26(33-28(36)18-23-19-32-25-15-9-8-13-24(23)25)30(38)34(20-22-11-6-5-7-12-22)21-29(37)35-17-10-16-27(35)31(39)40-2/h8-9,13,15,19,22,26-27,32H,3-7,10-12,14,16-18,20-21H2,1-2H3,(H,33,36)/t26-,27-/m0/s1. The van der Waals surface area contributed by atoms with Crippen molar-refractivity contribution >= 4 is 34.6 Å². The number of hydrogen-bond donors (Lipinski definition) is 2. The van der Waals surface area contributed by atoms with Gasteiger partial charge in [-0.3, -0.25) is 14.4 Å². The number of ether oxygens (including phenoxy) is 1. The Morgan fingerprint density at radius 3 is 2.62 bits per heavy atom. The van der Waals surface area contributed by atoms with Crippen molar-refractivity contribution in [2.45, 2.75) is 89.6 Å².